The van der Waals surface area contributed by atoms with Crippen LogP contribution in [0.2, 0.25) is 0 Å². The van der Waals surface area contributed by atoms with Gasteiger partial charge >= 0.3 is 0 Å². The van der Waals surface area contributed by atoms with Gasteiger partial charge in [-0.2, -0.15) is 0 Å². The van der Waals surface area contributed by atoms with Gasteiger partial charge in [0.05, 0.1) is 0 Å². The van der Waals surface area contributed by atoms with Crippen LogP contribution in [-0.4, -0.2) is 36.1 Å². The molecule has 2 unspecified atom stereocenters. The Labute approximate surface area is 131 Å². The summed E-state index contributed by atoms with van der Waals surface area (Å²) in [5.41, 5.74) is 0.473. The molecule has 0 amide bonds. The Kier molecular flexibility index (Phi) is 4.04. The smallest absolute Gasteiger partial charge is 0.0334 e. The van der Waals surface area contributed by atoms with Crippen molar-refractivity contribution in [2.75, 3.05) is 19.6 Å². The van der Waals surface area contributed by atoms with Crippen molar-refractivity contribution in [2.45, 2.75) is 82.7 Å². The molecule has 2 nitrogen and oxygen atoms in total. The lowest BCUT2D eigenvalue weighted by Gasteiger charge is -2.52. The van der Waals surface area contributed by atoms with E-state index >= 15 is 0 Å². The first-order valence-corrected chi connectivity index (χ1v) is 9.74. The summed E-state index contributed by atoms with van der Waals surface area (Å²) in [5.74, 6) is 2.97. The van der Waals surface area contributed by atoms with Crippen molar-refractivity contribution in [1.82, 2.24) is 10.2 Å². The van der Waals surface area contributed by atoms with Crippen LogP contribution in [-0.2, 0) is 0 Å². The molecule has 0 spiro atoms. The van der Waals surface area contributed by atoms with Gasteiger partial charge in [-0.15, -0.1) is 0 Å². The maximum atomic E-state index is 4.00. The molecule has 120 valence electrons. The van der Waals surface area contributed by atoms with Gasteiger partial charge in [0.15, 0.2) is 0 Å². The zero-order chi connectivity index (χ0) is 14.3. The summed E-state index contributed by atoms with van der Waals surface area (Å²) in [6.07, 6.45) is 14.8. The first-order chi connectivity index (χ1) is 10.3. The first-order valence-electron chi connectivity index (χ1n) is 9.74. The average molecular weight is 290 g/mol. The van der Waals surface area contributed by atoms with Crippen molar-refractivity contribution in [3.63, 3.8) is 0 Å². The van der Waals surface area contributed by atoms with Crippen molar-refractivity contribution in [3.05, 3.63) is 0 Å². The van der Waals surface area contributed by atoms with Crippen LogP contribution in [0.15, 0.2) is 0 Å². The fourth-order valence-corrected chi connectivity index (χ4v) is 5.19. The highest BCUT2D eigenvalue weighted by Crippen LogP contribution is 2.45. The second-order valence-electron chi connectivity index (χ2n) is 8.72. The Morgan fingerprint density at radius 2 is 1.71 bits per heavy atom. The van der Waals surface area contributed by atoms with Crippen LogP contribution in [0.4, 0.5) is 0 Å². The molecule has 2 atom stereocenters. The molecular weight excluding hydrogens is 256 g/mol. The lowest BCUT2D eigenvalue weighted by Crippen LogP contribution is -2.66. The largest absolute Gasteiger partial charge is 0.311 e. The second kappa shape index (κ2) is 5.85. The zero-order valence-electron chi connectivity index (χ0n) is 13.9. The third-order valence-electron chi connectivity index (χ3n) is 7.24. The first kappa shape index (κ1) is 14.5. The number of nitrogens with one attached hydrogen (secondary N) is 1. The lowest BCUT2D eigenvalue weighted by atomic mass is 9.78. The van der Waals surface area contributed by atoms with Gasteiger partial charge in [-0.3, -0.25) is 4.90 Å². The third kappa shape index (κ3) is 2.91. The topological polar surface area (TPSA) is 15.3 Å². The Morgan fingerprint density at radius 1 is 0.952 bits per heavy atom. The highest BCUT2D eigenvalue weighted by Gasteiger charge is 2.49. The van der Waals surface area contributed by atoms with Gasteiger partial charge < -0.3 is 5.32 Å². The minimum Gasteiger partial charge on any atom is -0.311 e. The van der Waals surface area contributed by atoms with Crippen molar-refractivity contribution >= 4 is 0 Å². The maximum absolute atomic E-state index is 4.00. The van der Waals surface area contributed by atoms with E-state index in [1.54, 1.807) is 0 Å². The van der Waals surface area contributed by atoms with Crippen LogP contribution in [0.1, 0.15) is 71.1 Å². The molecule has 0 aromatic heterocycles. The van der Waals surface area contributed by atoms with E-state index in [-0.39, 0.29) is 0 Å². The molecule has 4 rings (SSSR count). The van der Waals surface area contributed by atoms with Gasteiger partial charge in [0.2, 0.25) is 0 Å². The van der Waals surface area contributed by atoms with Crippen LogP contribution in [0.25, 0.3) is 0 Å². The minimum atomic E-state index is 0.473. The van der Waals surface area contributed by atoms with Crippen molar-refractivity contribution in [1.29, 1.82) is 0 Å². The van der Waals surface area contributed by atoms with E-state index in [9.17, 15) is 0 Å². The van der Waals surface area contributed by atoms with Crippen LogP contribution in [0, 0.1) is 17.8 Å². The Bertz CT molecular complexity index is 355. The predicted octanol–water partition coefficient (Wildman–Crippen LogP) is 3.81. The molecule has 3 aliphatic carbocycles. The van der Waals surface area contributed by atoms with Crippen LogP contribution in [0.5, 0.6) is 0 Å². The minimum absolute atomic E-state index is 0.473. The number of hydrogen-bond donors (Lipinski definition) is 1. The number of nitrogens with zero attached hydrogens (tertiary/aromatic N) is 1. The Hall–Kier alpha value is -0.0800. The standard InChI is InChI=1S/C19H34N2/c1-19(17-10-11-17)14-20-18(16-8-3-2-4-9-16)13-21(19)12-15-6-5-7-15/h15-18,20H,2-14H2,1H3. The van der Waals surface area contributed by atoms with E-state index in [4.69, 9.17) is 0 Å². The van der Waals surface area contributed by atoms with Gasteiger partial charge in [0, 0.05) is 31.2 Å². The molecule has 21 heavy (non-hydrogen) atoms. The monoisotopic (exact) mass is 290 g/mol. The molecule has 0 radical (unpaired) electrons. The van der Waals surface area contributed by atoms with Crippen molar-refractivity contribution < 1.29 is 0 Å². The lowest BCUT2D eigenvalue weighted by molar-refractivity contribution is -0.00298. The fraction of sp³-hybridized carbons (Fsp3) is 1.00. The molecule has 2 heteroatoms. The molecular formula is C19H34N2. The van der Waals surface area contributed by atoms with E-state index in [1.165, 1.54) is 83.8 Å². The van der Waals surface area contributed by atoms with E-state index in [2.05, 4.69) is 17.1 Å². The predicted molar refractivity (Wildman–Crippen MR) is 88.4 cm³/mol. The van der Waals surface area contributed by atoms with E-state index in [1.807, 2.05) is 0 Å². The molecule has 0 aromatic carbocycles. The van der Waals surface area contributed by atoms with Gasteiger partial charge in [0.25, 0.3) is 0 Å². The number of hydrogen-bond acceptors (Lipinski definition) is 2. The van der Waals surface area contributed by atoms with Gasteiger partial charge in [-0.05, 0) is 63.2 Å². The quantitative estimate of drug-likeness (QED) is 0.847. The summed E-state index contributed by atoms with van der Waals surface area (Å²) in [7, 11) is 0. The molecule has 1 N–H and O–H groups in total. The molecule has 1 heterocycles. The van der Waals surface area contributed by atoms with Crippen LogP contribution in [0.3, 0.4) is 0 Å². The SMILES string of the molecule is CC1(C2CC2)CNC(C2CCCCC2)CN1CC1CCC1. The Morgan fingerprint density at radius 3 is 2.33 bits per heavy atom. The van der Waals surface area contributed by atoms with E-state index in [0.29, 0.717) is 5.54 Å². The average Bonchev–Trinajstić information content (AvgIpc) is 3.30. The highest BCUT2D eigenvalue weighted by atomic mass is 15.3. The molecule has 1 saturated heterocycles. The molecule has 4 fully saturated rings. The van der Waals surface area contributed by atoms with Gasteiger partial charge in [-0.1, -0.05) is 25.7 Å². The summed E-state index contributed by atoms with van der Waals surface area (Å²) < 4.78 is 0. The fourth-order valence-electron chi connectivity index (χ4n) is 5.19. The summed E-state index contributed by atoms with van der Waals surface area (Å²) in [6, 6.07) is 0.789. The number of piperazine rings is 1. The maximum Gasteiger partial charge on any atom is 0.0334 e. The summed E-state index contributed by atoms with van der Waals surface area (Å²) in [4.78, 5) is 2.95. The Balaban J connectivity index is 1.43. The molecule has 4 aliphatic rings. The molecule has 0 bridgehead atoms. The normalized spacial score (nSPS) is 40.1. The molecule has 1 aliphatic heterocycles. The number of rotatable bonds is 4. The van der Waals surface area contributed by atoms with E-state index in [0.717, 1.165) is 23.8 Å². The molecule has 3 saturated carbocycles. The summed E-state index contributed by atoms with van der Waals surface area (Å²) in [5, 5.41) is 4.00. The third-order valence-corrected chi connectivity index (χ3v) is 7.24. The van der Waals surface area contributed by atoms with Gasteiger partial charge in [-0.25, -0.2) is 0 Å². The zero-order valence-corrected chi connectivity index (χ0v) is 13.9. The summed E-state index contributed by atoms with van der Waals surface area (Å²) >= 11 is 0. The summed E-state index contributed by atoms with van der Waals surface area (Å²) in [6.45, 7) is 6.56. The van der Waals surface area contributed by atoms with Crippen molar-refractivity contribution in [2.24, 2.45) is 17.8 Å². The second-order valence-corrected chi connectivity index (χ2v) is 8.72. The molecule has 0 aromatic rings. The highest BCUT2D eigenvalue weighted by molar-refractivity contribution is 5.06. The van der Waals surface area contributed by atoms with Crippen LogP contribution >= 0.6 is 0 Å². The van der Waals surface area contributed by atoms with Gasteiger partial charge in [0.1, 0.15) is 0 Å². The van der Waals surface area contributed by atoms with Crippen LogP contribution < -0.4 is 5.32 Å². The van der Waals surface area contributed by atoms with E-state index < -0.39 is 0 Å². The van der Waals surface area contributed by atoms with Crippen molar-refractivity contribution in [3.8, 4) is 0 Å².